The highest BCUT2D eigenvalue weighted by Gasteiger charge is 2.30. The van der Waals surface area contributed by atoms with E-state index >= 15 is 0 Å². The van der Waals surface area contributed by atoms with E-state index in [9.17, 15) is 18.4 Å². The summed E-state index contributed by atoms with van der Waals surface area (Å²) < 4.78 is 27.2. The molecule has 184 valence electrons. The lowest BCUT2D eigenvalue weighted by Crippen LogP contribution is -2.49. The molecule has 3 rings (SSSR count). The average Bonchev–Trinajstić information content (AvgIpc) is 2.73. The van der Waals surface area contributed by atoms with Gasteiger partial charge in [0, 0.05) is 37.9 Å². The summed E-state index contributed by atoms with van der Waals surface area (Å²) in [5.74, 6) is -0.973. The first kappa shape index (κ1) is 25.6. The minimum absolute atomic E-state index is 0.00660. The van der Waals surface area contributed by atoms with Gasteiger partial charge in [-0.1, -0.05) is 0 Å². The Hall–Kier alpha value is -3.04. The van der Waals surface area contributed by atoms with Crippen LogP contribution in [0.1, 0.15) is 46.1 Å². The quantitative estimate of drug-likeness (QED) is 0.568. The van der Waals surface area contributed by atoms with Gasteiger partial charge in [-0.3, -0.25) is 14.5 Å². The molecule has 2 aromatic rings. The fraction of sp³-hybridized carbons (Fsp3) is 0.440. The highest BCUT2D eigenvalue weighted by atomic mass is 19.1. The van der Waals surface area contributed by atoms with Gasteiger partial charge in [-0.15, -0.1) is 0 Å². The summed E-state index contributed by atoms with van der Waals surface area (Å²) in [6.07, 6.45) is 1.49. The molecule has 0 saturated carbocycles. The number of piperidine rings is 1. The van der Waals surface area contributed by atoms with Crippen LogP contribution in [0.3, 0.4) is 0 Å². The number of carbonyl (C=O) groups excluding carboxylic acids is 2. The molecule has 1 aliphatic heterocycles. The second-order valence-corrected chi connectivity index (χ2v) is 9.49. The molecule has 0 unspecified atom stereocenters. The van der Waals surface area contributed by atoms with E-state index in [0.29, 0.717) is 17.9 Å². The normalized spacial score (nSPS) is 15.1. The predicted molar refractivity (Wildman–Crippen MR) is 127 cm³/mol. The second kappa shape index (κ2) is 10.9. The van der Waals surface area contributed by atoms with Crippen molar-refractivity contribution in [2.75, 3.05) is 23.7 Å². The second-order valence-electron chi connectivity index (χ2n) is 9.49. The first-order valence-electron chi connectivity index (χ1n) is 11.3. The van der Waals surface area contributed by atoms with Gasteiger partial charge in [-0.05, 0) is 81.6 Å². The van der Waals surface area contributed by atoms with Crippen molar-refractivity contribution in [1.82, 2.24) is 9.96 Å². The molecule has 0 radical (unpaired) electrons. The maximum Gasteiger partial charge on any atom is 0.323 e. The van der Waals surface area contributed by atoms with Crippen molar-refractivity contribution in [1.29, 1.82) is 0 Å². The lowest BCUT2D eigenvalue weighted by atomic mass is 10.0. The summed E-state index contributed by atoms with van der Waals surface area (Å²) in [6, 6.07) is 9.22. The zero-order chi connectivity index (χ0) is 24.9. The first-order chi connectivity index (χ1) is 16.0. The van der Waals surface area contributed by atoms with E-state index in [1.807, 2.05) is 20.8 Å². The molecule has 2 aromatic carbocycles. The van der Waals surface area contributed by atoms with Gasteiger partial charge in [-0.25, -0.2) is 18.6 Å². The Balaban J connectivity index is 1.56. The van der Waals surface area contributed by atoms with Crippen LogP contribution in [0.4, 0.5) is 25.0 Å². The van der Waals surface area contributed by atoms with Gasteiger partial charge in [0.25, 0.3) is 0 Å². The van der Waals surface area contributed by atoms with E-state index in [2.05, 4.69) is 15.5 Å². The number of hydrogen-bond donors (Lipinski definition) is 2. The fourth-order valence-electron chi connectivity index (χ4n) is 3.90. The monoisotopic (exact) mass is 474 g/mol. The van der Waals surface area contributed by atoms with Crippen molar-refractivity contribution in [3.63, 3.8) is 0 Å². The number of amides is 3. The van der Waals surface area contributed by atoms with Gasteiger partial charge in [0.2, 0.25) is 5.91 Å². The number of hydrogen-bond acceptors (Lipinski definition) is 4. The standard InChI is InChI=1S/C25H32F2N4O3/c1-17(32)31(34-25(2,3)4)23-9-11-30(12-10-23)16-18-13-20(27)15-22(14-18)29-24(33)28-21-7-5-19(26)6-8-21/h5-8,13-15,23H,9-12,16H2,1-4H3,(H2,28,29,33). The lowest BCUT2D eigenvalue weighted by molar-refractivity contribution is -0.245. The number of urea groups is 1. The third kappa shape index (κ3) is 7.78. The molecule has 7 nitrogen and oxygen atoms in total. The zero-order valence-electron chi connectivity index (χ0n) is 20.0. The van der Waals surface area contributed by atoms with Crippen LogP contribution in [0.2, 0.25) is 0 Å². The number of nitrogens with one attached hydrogen (secondary N) is 2. The number of benzene rings is 2. The van der Waals surface area contributed by atoms with Crippen LogP contribution in [0.15, 0.2) is 42.5 Å². The Labute approximate surface area is 199 Å². The van der Waals surface area contributed by atoms with Gasteiger partial charge in [0.1, 0.15) is 11.6 Å². The largest absolute Gasteiger partial charge is 0.323 e. The Morgan fingerprint density at radius 2 is 1.62 bits per heavy atom. The Morgan fingerprint density at radius 3 is 2.21 bits per heavy atom. The maximum atomic E-state index is 14.2. The number of nitrogens with zero attached hydrogens (tertiary/aromatic N) is 2. The van der Waals surface area contributed by atoms with Gasteiger partial charge in [-0.2, -0.15) is 0 Å². The molecule has 0 atom stereocenters. The molecule has 0 aliphatic carbocycles. The maximum absolute atomic E-state index is 14.2. The minimum atomic E-state index is -0.549. The third-order valence-electron chi connectivity index (χ3n) is 5.30. The van der Waals surface area contributed by atoms with Crippen molar-refractivity contribution < 1.29 is 23.2 Å². The van der Waals surface area contributed by atoms with Crippen molar-refractivity contribution in [2.45, 2.75) is 58.7 Å². The number of hydroxylamine groups is 2. The molecule has 0 aromatic heterocycles. The summed E-state index contributed by atoms with van der Waals surface area (Å²) in [7, 11) is 0. The number of likely N-dealkylation sites (tertiary alicyclic amines) is 1. The van der Waals surface area contributed by atoms with Gasteiger partial charge in [0.05, 0.1) is 11.6 Å². The van der Waals surface area contributed by atoms with Crippen LogP contribution in [0, 0.1) is 11.6 Å². The van der Waals surface area contributed by atoms with Gasteiger partial charge >= 0.3 is 6.03 Å². The zero-order valence-corrected chi connectivity index (χ0v) is 20.0. The van der Waals surface area contributed by atoms with E-state index in [4.69, 9.17) is 4.84 Å². The Morgan fingerprint density at radius 1 is 1.00 bits per heavy atom. The van der Waals surface area contributed by atoms with E-state index in [-0.39, 0.29) is 11.9 Å². The molecule has 1 fully saturated rings. The van der Waals surface area contributed by atoms with Gasteiger partial charge in [0.15, 0.2) is 0 Å². The fourth-order valence-corrected chi connectivity index (χ4v) is 3.90. The molecular weight excluding hydrogens is 442 g/mol. The van der Waals surface area contributed by atoms with E-state index in [1.165, 1.54) is 48.4 Å². The predicted octanol–water partition coefficient (Wildman–Crippen LogP) is 5.15. The molecule has 0 bridgehead atoms. The van der Waals surface area contributed by atoms with Crippen LogP contribution in [-0.2, 0) is 16.2 Å². The summed E-state index contributed by atoms with van der Waals surface area (Å²) in [6.45, 7) is 9.21. The molecular formula is C25H32F2N4O3. The third-order valence-corrected chi connectivity index (χ3v) is 5.30. The number of anilines is 2. The number of rotatable bonds is 6. The molecule has 9 heteroatoms. The highest BCUT2D eigenvalue weighted by Crippen LogP contribution is 2.23. The van der Waals surface area contributed by atoms with Crippen molar-refractivity contribution >= 4 is 23.3 Å². The SMILES string of the molecule is CC(=O)N(OC(C)(C)C)C1CCN(Cc2cc(F)cc(NC(=O)Nc3ccc(F)cc3)c2)CC1. The van der Waals surface area contributed by atoms with E-state index in [0.717, 1.165) is 31.5 Å². The van der Waals surface area contributed by atoms with Crippen LogP contribution >= 0.6 is 0 Å². The lowest BCUT2D eigenvalue weighted by Gasteiger charge is -2.39. The van der Waals surface area contributed by atoms with Crippen molar-refractivity contribution in [3.05, 3.63) is 59.7 Å². The van der Waals surface area contributed by atoms with E-state index in [1.54, 1.807) is 6.07 Å². The molecule has 2 N–H and O–H groups in total. The molecule has 0 spiro atoms. The van der Waals surface area contributed by atoms with Crippen LogP contribution in [0.5, 0.6) is 0 Å². The van der Waals surface area contributed by atoms with Gasteiger partial charge < -0.3 is 10.6 Å². The first-order valence-corrected chi connectivity index (χ1v) is 11.3. The Kier molecular flexibility index (Phi) is 8.22. The molecule has 1 aliphatic rings. The average molecular weight is 475 g/mol. The number of halogens is 2. The van der Waals surface area contributed by atoms with Crippen molar-refractivity contribution in [3.8, 4) is 0 Å². The topological polar surface area (TPSA) is 73.9 Å². The van der Waals surface area contributed by atoms with Crippen molar-refractivity contribution in [2.24, 2.45) is 0 Å². The highest BCUT2D eigenvalue weighted by molar-refractivity contribution is 5.99. The molecule has 34 heavy (non-hydrogen) atoms. The molecule has 3 amide bonds. The van der Waals surface area contributed by atoms with Crippen LogP contribution in [-0.4, -0.2) is 46.6 Å². The summed E-state index contributed by atoms with van der Waals surface area (Å²) in [4.78, 5) is 32.4. The summed E-state index contributed by atoms with van der Waals surface area (Å²) in [5.41, 5.74) is 1.01. The number of carbonyl (C=O) groups is 2. The molecule has 1 heterocycles. The van der Waals surface area contributed by atoms with E-state index < -0.39 is 23.3 Å². The summed E-state index contributed by atoms with van der Waals surface area (Å²) in [5, 5.41) is 6.69. The summed E-state index contributed by atoms with van der Waals surface area (Å²) >= 11 is 0. The Bertz CT molecular complexity index is 1000. The smallest absolute Gasteiger partial charge is 0.308 e. The molecule has 1 saturated heterocycles. The minimum Gasteiger partial charge on any atom is -0.308 e. The van der Waals surface area contributed by atoms with Crippen LogP contribution in [0.25, 0.3) is 0 Å². The van der Waals surface area contributed by atoms with Crippen LogP contribution < -0.4 is 10.6 Å².